The lowest BCUT2D eigenvalue weighted by Crippen LogP contribution is -2.15. The van der Waals surface area contributed by atoms with Crippen molar-refractivity contribution in [1.29, 1.82) is 0 Å². The van der Waals surface area contributed by atoms with Crippen molar-refractivity contribution in [3.8, 4) is 5.75 Å². The number of methoxy groups -OCH3 is 1. The van der Waals surface area contributed by atoms with Gasteiger partial charge in [-0.15, -0.1) is 11.6 Å². The molecule has 1 aromatic rings. The van der Waals surface area contributed by atoms with Gasteiger partial charge in [0.05, 0.1) is 6.61 Å². The molecular formula is C15H21ClO2. The SMILES string of the molecule is COCCOc1ccccc1C1CCCC(Cl)C1. The van der Waals surface area contributed by atoms with Crippen molar-refractivity contribution in [3.63, 3.8) is 0 Å². The van der Waals surface area contributed by atoms with Crippen LogP contribution in [0.2, 0.25) is 0 Å². The third-order valence-electron chi connectivity index (χ3n) is 3.51. The molecule has 18 heavy (non-hydrogen) atoms. The summed E-state index contributed by atoms with van der Waals surface area (Å²) in [5.41, 5.74) is 1.30. The van der Waals surface area contributed by atoms with E-state index in [1.54, 1.807) is 7.11 Å². The quantitative estimate of drug-likeness (QED) is 0.594. The number of hydrogen-bond donors (Lipinski definition) is 0. The Balaban J connectivity index is 2.06. The molecule has 2 unspecified atom stereocenters. The Morgan fingerprint density at radius 1 is 1.22 bits per heavy atom. The van der Waals surface area contributed by atoms with Crippen LogP contribution >= 0.6 is 11.6 Å². The topological polar surface area (TPSA) is 18.5 Å². The molecule has 1 saturated carbocycles. The predicted molar refractivity (Wildman–Crippen MR) is 74.7 cm³/mol. The second-order valence-corrected chi connectivity index (χ2v) is 5.46. The maximum absolute atomic E-state index is 6.28. The van der Waals surface area contributed by atoms with Crippen LogP contribution in [-0.2, 0) is 4.74 Å². The van der Waals surface area contributed by atoms with Crippen LogP contribution in [0.4, 0.5) is 0 Å². The fourth-order valence-corrected chi connectivity index (χ4v) is 2.97. The third kappa shape index (κ3) is 3.63. The molecule has 0 bridgehead atoms. The molecule has 0 aliphatic heterocycles. The molecule has 1 aromatic carbocycles. The number of para-hydroxylation sites is 1. The zero-order valence-electron chi connectivity index (χ0n) is 10.9. The molecule has 0 heterocycles. The number of ether oxygens (including phenoxy) is 2. The molecule has 2 atom stereocenters. The van der Waals surface area contributed by atoms with E-state index in [1.165, 1.54) is 18.4 Å². The van der Waals surface area contributed by atoms with Crippen LogP contribution in [0.3, 0.4) is 0 Å². The first-order valence-electron chi connectivity index (χ1n) is 6.66. The van der Waals surface area contributed by atoms with Crippen molar-refractivity contribution in [2.24, 2.45) is 0 Å². The summed E-state index contributed by atoms with van der Waals surface area (Å²) in [7, 11) is 1.69. The standard InChI is InChI=1S/C15H21ClO2/c1-17-9-10-18-15-8-3-2-7-14(15)12-5-4-6-13(16)11-12/h2-3,7-8,12-13H,4-6,9-11H2,1H3. The molecule has 0 N–H and O–H groups in total. The Hall–Kier alpha value is -0.730. The number of rotatable bonds is 5. The molecule has 3 heteroatoms. The van der Waals surface area contributed by atoms with E-state index in [4.69, 9.17) is 21.1 Å². The summed E-state index contributed by atoms with van der Waals surface area (Å²) in [5, 5.41) is 0.316. The zero-order valence-corrected chi connectivity index (χ0v) is 11.7. The molecule has 0 spiro atoms. The average molecular weight is 269 g/mol. The van der Waals surface area contributed by atoms with E-state index >= 15 is 0 Å². The highest BCUT2D eigenvalue weighted by molar-refractivity contribution is 6.20. The van der Waals surface area contributed by atoms with Gasteiger partial charge in [-0.05, 0) is 36.8 Å². The molecule has 0 radical (unpaired) electrons. The summed E-state index contributed by atoms with van der Waals surface area (Å²) in [6, 6.07) is 8.31. The van der Waals surface area contributed by atoms with Gasteiger partial charge in [-0.1, -0.05) is 24.6 Å². The Labute approximate surface area is 114 Å². The first-order valence-corrected chi connectivity index (χ1v) is 7.09. The Kier molecular flexibility index (Phi) is 5.33. The molecule has 0 saturated heterocycles. The molecule has 2 nitrogen and oxygen atoms in total. The van der Waals surface area contributed by atoms with E-state index in [9.17, 15) is 0 Å². The van der Waals surface area contributed by atoms with E-state index < -0.39 is 0 Å². The van der Waals surface area contributed by atoms with Gasteiger partial charge >= 0.3 is 0 Å². The van der Waals surface area contributed by atoms with Gasteiger partial charge in [0.2, 0.25) is 0 Å². The van der Waals surface area contributed by atoms with Crippen LogP contribution in [0.1, 0.15) is 37.2 Å². The van der Waals surface area contributed by atoms with E-state index in [0.717, 1.165) is 18.6 Å². The number of benzene rings is 1. The van der Waals surface area contributed by atoms with Gasteiger partial charge in [0.25, 0.3) is 0 Å². The zero-order chi connectivity index (χ0) is 12.8. The van der Waals surface area contributed by atoms with Gasteiger partial charge in [0, 0.05) is 12.5 Å². The number of alkyl halides is 1. The summed E-state index contributed by atoms with van der Waals surface area (Å²) in [6.07, 6.45) is 4.63. The van der Waals surface area contributed by atoms with Crippen molar-refractivity contribution < 1.29 is 9.47 Å². The molecule has 100 valence electrons. The lowest BCUT2D eigenvalue weighted by atomic mass is 9.83. The average Bonchev–Trinajstić information content (AvgIpc) is 2.40. The lowest BCUT2D eigenvalue weighted by Gasteiger charge is -2.27. The summed E-state index contributed by atoms with van der Waals surface area (Å²) < 4.78 is 10.8. The minimum absolute atomic E-state index is 0.316. The van der Waals surface area contributed by atoms with E-state index in [-0.39, 0.29) is 0 Å². The molecule has 0 amide bonds. The van der Waals surface area contributed by atoms with Gasteiger partial charge in [0.1, 0.15) is 12.4 Å². The van der Waals surface area contributed by atoms with Crippen molar-refractivity contribution in [1.82, 2.24) is 0 Å². The fourth-order valence-electron chi connectivity index (χ4n) is 2.60. The van der Waals surface area contributed by atoms with Crippen LogP contribution in [0.15, 0.2) is 24.3 Å². The lowest BCUT2D eigenvalue weighted by molar-refractivity contribution is 0.145. The van der Waals surface area contributed by atoms with E-state index in [0.29, 0.717) is 24.5 Å². The largest absolute Gasteiger partial charge is 0.491 e. The highest BCUT2D eigenvalue weighted by Crippen LogP contribution is 2.39. The fraction of sp³-hybridized carbons (Fsp3) is 0.600. The maximum atomic E-state index is 6.28. The van der Waals surface area contributed by atoms with Crippen molar-refractivity contribution >= 4 is 11.6 Å². The minimum Gasteiger partial charge on any atom is -0.491 e. The van der Waals surface area contributed by atoms with E-state index in [2.05, 4.69) is 12.1 Å². The normalized spacial score (nSPS) is 23.9. The van der Waals surface area contributed by atoms with Crippen LogP contribution in [0.25, 0.3) is 0 Å². The first-order chi connectivity index (χ1) is 8.81. The van der Waals surface area contributed by atoms with Gasteiger partial charge < -0.3 is 9.47 Å². The monoisotopic (exact) mass is 268 g/mol. The number of halogens is 1. The first kappa shape index (κ1) is 13.7. The second-order valence-electron chi connectivity index (χ2n) is 4.84. The van der Waals surface area contributed by atoms with E-state index in [1.807, 2.05) is 12.1 Å². The molecular weight excluding hydrogens is 248 g/mol. The Bertz CT molecular complexity index is 367. The van der Waals surface area contributed by atoms with Crippen molar-refractivity contribution in [2.45, 2.75) is 37.0 Å². The summed E-state index contributed by atoms with van der Waals surface area (Å²) in [4.78, 5) is 0. The molecule has 1 aliphatic carbocycles. The van der Waals surface area contributed by atoms with Gasteiger partial charge in [-0.25, -0.2) is 0 Å². The maximum Gasteiger partial charge on any atom is 0.122 e. The highest BCUT2D eigenvalue weighted by Gasteiger charge is 2.23. The van der Waals surface area contributed by atoms with Crippen LogP contribution in [0, 0.1) is 0 Å². The van der Waals surface area contributed by atoms with Crippen molar-refractivity contribution in [3.05, 3.63) is 29.8 Å². The molecule has 1 fully saturated rings. The highest BCUT2D eigenvalue weighted by atomic mass is 35.5. The Morgan fingerprint density at radius 2 is 2.06 bits per heavy atom. The summed E-state index contributed by atoms with van der Waals surface area (Å²) in [6.45, 7) is 1.22. The van der Waals surface area contributed by atoms with Crippen LogP contribution < -0.4 is 4.74 Å². The van der Waals surface area contributed by atoms with Crippen molar-refractivity contribution in [2.75, 3.05) is 20.3 Å². The minimum atomic E-state index is 0.316. The van der Waals surface area contributed by atoms with Crippen LogP contribution in [-0.4, -0.2) is 25.7 Å². The van der Waals surface area contributed by atoms with Crippen LogP contribution in [0.5, 0.6) is 5.75 Å². The van der Waals surface area contributed by atoms with Gasteiger partial charge in [0.15, 0.2) is 0 Å². The molecule has 0 aromatic heterocycles. The molecule has 1 aliphatic rings. The second kappa shape index (κ2) is 7.01. The number of hydrogen-bond acceptors (Lipinski definition) is 2. The predicted octanol–water partition coefficient (Wildman–Crippen LogP) is 3.98. The van der Waals surface area contributed by atoms with Gasteiger partial charge in [-0.2, -0.15) is 0 Å². The smallest absolute Gasteiger partial charge is 0.122 e. The summed E-state index contributed by atoms with van der Waals surface area (Å²) >= 11 is 6.28. The molecule has 2 rings (SSSR count). The summed E-state index contributed by atoms with van der Waals surface area (Å²) in [5.74, 6) is 1.53. The Morgan fingerprint density at radius 3 is 2.83 bits per heavy atom. The third-order valence-corrected chi connectivity index (χ3v) is 3.91. The van der Waals surface area contributed by atoms with Gasteiger partial charge in [-0.3, -0.25) is 0 Å².